The third kappa shape index (κ3) is 4.56. The van der Waals surface area contributed by atoms with E-state index in [9.17, 15) is 9.18 Å². The van der Waals surface area contributed by atoms with Crippen molar-refractivity contribution in [1.29, 1.82) is 0 Å². The van der Waals surface area contributed by atoms with Gasteiger partial charge in [-0.05, 0) is 60.5 Å². The maximum atomic E-state index is 14.2. The first-order valence-corrected chi connectivity index (χ1v) is 10.1. The molecule has 4 aromatic rings. The molecule has 7 heteroatoms. The van der Waals surface area contributed by atoms with Gasteiger partial charge < -0.3 is 18.8 Å². The van der Waals surface area contributed by atoms with Gasteiger partial charge in [0.05, 0.1) is 20.8 Å². The lowest BCUT2D eigenvalue weighted by molar-refractivity contribution is 0.0715. The molecular weight excluding hydrogens is 411 g/mol. The Bertz CT molecular complexity index is 1250. The predicted octanol–water partition coefficient (Wildman–Crippen LogP) is 5.14. The second-order valence-electron chi connectivity index (χ2n) is 7.44. The highest BCUT2D eigenvalue weighted by Crippen LogP contribution is 2.23. The molecular formula is C25H23FN2O4. The monoisotopic (exact) mass is 434 g/mol. The van der Waals surface area contributed by atoms with E-state index in [-0.39, 0.29) is 30.3 Å². The summed E-state index contributed by atoms with van der Waals surface area (Å²) in [7, 11) is 2.98. The van der Waals surface area contributed by atoms with Gasteiger partial charge in [0.1, 0.15) is 11.3 Å². The van der Waals surface area contributed by atoms with Crippen LogP contribution < -0.4 is 9.47 Å². The zero-order valence-corrected chi connectivity index (χ0v) is 18.1. The zero-order chi connectivity index (χ0) is 22.7. The number of carbonyl (C=O) groups is 1. The molecule has 6 nitrogen and oxygen atoms in total. The van der Waals surface area contributed by atoms with Gasteiger partial charge >= 0.3 is 0 Å². The highest BCUT2D eigenvalue weighted by atomic mass is 19.1. The van der Waals surface area contributed by atoms with Crippen molar-refractivity contribution in [3.63, 3.8) is 0 Å². The summed E-state index contributed by atoms with van der Waals surface area (Å²) in [5.74, 6) is 0.262. The Hall–Kier alpha value is -3.87. The number of ether oxygens (including phenoxy) is 2. The summed E-state index contributed by atoms with van der Waals surface area (Å²) in [5.41, 5.74) is 3.55. The van der Waals surface area contributed by atoms with Gasteiger partial charge in [-0.3, -0.25) is 4.79 Å². The highest BCUT2D eigenvalue weighted by Gasteiger charge is 2.21. The van der Waals surface area contributed by atoms with Gasteiger partial charge in [0.15, 0.2) is 17.1 Å². The summed E-state index contributed by atoms with van der Waals surface area (Å²) in [4.78, 5) is 19.4. The van der Waals surface area contributed by atoms with Gasteiger partial charge in [0, 0.05) is 12.1 Å². The fourth-order valence-corrected chi connectivity index (χ4v) is 3.45. The van der Waals surface area contributed by atoms with Crippen LogP contribution >= 0.6 is 0 Å². The first-order valence-electron chi connectivity index (χ1n) is 10.1. The van der Waals surface area contributed by atoms with E-state index < -0.39 is 5.82 Å². The molecule has 0 aliphatic rings. The first kappa shape index (κ1) is 21.4. The number of aromatic nitrogens is 1. The van der Waals surface area contributed by atoms with E-state index >= 15 is 0 Å². The van der Waals surface area contributed by atoms with Crippen molar-refractivity contribution in [2.45, 2.75) is 20.0 Å². The number of fused-ring (bicyclic) bond motifs is 1. The number of halogens is 1. The average Bonchev–Trinajstić information content (AvgIpc) is 3.20. The number of hydrogen-bond donors (Lipinski definition) is 0. The van der Waals surface area contributed by atoms with Crippen molar-refractivity contribution >= 4 is 17.0 Å². The molecule has 1 heterocycles. The number of hydrogen-bond acceptors (Lipinski definition) is 5. The molecule has 1 amide bonds. The Morgan fingerprint density at radius 3 is 2.47 bits per heavy atom. The molecule has 0 aliphatic heterocycles. The molecule has 4 rings (SSSR count). The number of aryl methyl sites for hydroxylation is 1. The smallest absolute Gasteiger partial charge is 0.254 e. The summed E-state index contributed by atoms with van der Waals surface area (Å²) in [5, 5.41) is 0. The number of oxazole rings is 1. The second-order valence-corrected chi connectivity index (χ2v) is 7.44. The van der Waals surface area contributed by atoms with Crippen LogP contribution in [0.15, 0.2) is 65.1 Å². The topological polar surface area (TPSA) is 64.8 Å². The van der Waals surface area contributed by atoms with Crippen molar-refractivity contribution in [2.24, 2.45) is 0 Å². The van der Waals surface area contributed by atoms with Gasteiger partial charge in [0.2, 0.25) is 5.89 Å². The van der Waals surface area contributed by atoms with Gasteiger partial charge in [-0.25, -0.2) is 9.37 Å². The summed E-state index contributed by atoms with van der Waals surface area (Å²) in [6, 6.07) is 17.3. The molecule has 3 aromatic carbocycles. The number of methoxy groups -OCH3 is 2. The summed E-state index contributed by atoms with van der Waals surface area (Å²) in [6.45, 7) is 2.39. The largest absolute Gasteiger partial charge is 0.497 e. The number of carbonyl (C=O) groups excluding carboxylic acids is 1. The zero-order valence-electron chi connectivity index (χ0n) is 18.1. The van der Waals surface area contributed by atoms with E-state index in [1.807, 2.05) is 49.4 Å². The van der Waals surface area contributed by atoms with Crippen LogP contribution in [0.2, 0.25) is 0 Å². The summed E-state index contributed by atoms with van der Waals surface area (Å²) in [6.07, 6.45) is 0. The van der Waals surface area contributed by atoms with Crippen LogP contribution in [0.1, 0.15) is 27.4 Å². The lowest BCUT2D eigenvalue weighted by Gasteiger charge is -2.22. The van der Waals surface area contributed by atoms with E-state index in [0.717, 1.165) is 22.4 Å². The lowest BCUT2D eigenvalue weighted by atomic mass is 10.1. The molecule has 0 fully saturated rings. The quantitative estimate of drug-likeness (QED) is 0.403. The van der Waals surface area contributed by atoms with Gasteiger partial charge in [-0.1, -0.05) is 18.2 Å². The molecule has 0 saturated heterocycles. The standard InChI is InChI=1S/C25H23FN2O4/c1-16-4-10-23-21(12-16)27-24(32-23)15-28(14-17-5-8-19(30-2)9-6-17)25(29)18-7-11-22(31-3)20(26)13-18/h4-13H,14-15H2,1-3H3. The highest BCUT2D eigenvalue weighted by molar-refractivity contribution is 5.94. The second kappa shape index (κ2) is 9.09. The van der Waals surface area contributed by atoms with Crippen molar-refractivity contribution in [3.8, 4) is 11.5 Å². The molecule has 0 atom stereocenters. The third-order valence-corrected chi connectivity index (χ3v) is 5.13. The number of rotatable bonds is 7. The van der Waals surface area contributed by atoms with Crippen LogP contribution in [-0.4, -0.2) is 30.0 Å². The SMILES string of the molecule is COc1ccc(CN(Cc2nc3cc(C)ccc3o2)C(=O)c2ccc(OC)c(F)c2)cc1. The lowest BCUT2D eigenvalue weighted by Crippen LogP contribution is -2.30. The van der Waals surface area contributed by atoms with Crippen LogP contribution in [-0.2, 0) is 13.1 Å². The molecule has 0 saturated carbocycles. The molecule has 0 unspecified atom stereocenters. The first-order chi connectivity index (χ1) is 15.5. The van der Waals surface area contributed by atoms with Gasteiger partial charge in [-0.2, -0.15) is 0 Å². The normalized spacial score (nSPS) is 10.9. The van der Waals surface area contributed by atoms with Gasteiger partial charge in [0.25, 0.3) is 5.91 Å². The molecule has 0 bridgehead atoms. The van der Waals surface area contributed by atoms with Gasteiger partial charge in [-0.15, -0.1) is 0 Å². The third-order valence-electron chi connectivity index (χ3n) is 5.13. The molecule has 0 spiro atoms. The fraction of sp³-hybridized carbons (Fsp3) is 0.200. The molecule has 1 aromatic heterocycles. The number of amides is 1. The summed E-state index contributed by atoms with van der Waals surface area (Å²) < 4.78 is 30.3. The van der Waals surface area contributed by atoms with Crippen LogP contribution in [0.25, 0.3) is 11.1 Å². The average molecular weight is 434 g/mol. The van der Waals surface area contributed by atoms with E-state index in [1.165, 1.54) is 19.2 Å². The maximum Gasteiger partial charge on any atom is 0.254 e. The van der Waals surface area contributed by atoms with E-state index in [2.05, 4.69) is 4.98 Å². The Morgan fingerprint density at radius 2 is 1.78 bits per heavy atom. The van der Waals surface area contributed by atoms with Crippen LogP contribution in [0.3, 0.4) is 0 Å². The van der Waals surface area contributed by atoms with Crippen LogP contribution in [0.5, 0.6) is 11.5 Å². The molecule has 0 radical (unpaired) electrons. The Kier molecular flexibility index (Phi) is 6.07. The number of benzene rings is 3. The van der Waals surface area contributed by atoms with Crippen molar-refractivity contribution in [3.05, 3.63) is 89.1 Å². The van der Waals surface area contributed by atoms with E-state index in [0.29, 0.717) is 11.5 Å². The summed E-state index contributed by atoms with van der Waals surface area (Å²) >= 11 is 0. The van der Waals surface area contributed by atoms with Crippen LogP contribution in [0, 0.1) is 12.7 Å². The van der Waals surface area contributed by atoms with E-state index in [4.69, 9.17) is 13.9 Å². The fourth-order valence-electron chi connectivity index (χ4n) is 3.45. The maximum absolute atomic E-state index is 14.2. The van der Waals surface area contributed by atoms with Crippen molar-refractivity contribution < 1.29 is 23.1 Å². The minimum atomic E-state index is -0.597. The van der Waals surface area contributed by atoms with Crippen LogP contribution in [0.4, 0.5) is 4.39 Å². The molecule has 0 N–H and O–H groups in total. The Morgan fingerprint density at radius 1 is 1.00 bits per heavy atom. The molecule has 32 heavy (non-hydrogen) atoms. The predicted molar refractivity (Wildman–Crippen MR) is 118 cm³/mol. The minimum Gasteiger partial charge on any atom is -0.497 e. The van der Waals surface area contributed by atoms with Crippen molar-refractivity contribution in [2.75, 3.05) is 14.2 Å². The number of nitrogens with zero attached hydrogens (tertiary/aromatic N) is 2. The van der Waals surface area contributed by atoms with E-state index in [1.54, 1.807) is 18.1 Å². The Balaban J connectivity index is 1.65. The minimum absolute atomic E-state index is 0.0811. The molecule has 0 aliphatic carbocycles. The van der Waals surface area contributed by atoms with Crippen molar-refractivity contribution in [1.82, 2.24) is 9.88 Å². The Labute approximate surface area is 185 Å². The molecule has 164 valence electrons.